The largest absolute Gasteiger partial charge is 0.506 e. The normalized spacial score (nSPS) is 12.4. The van der Waals surface area contributed by atoms with E-state index in [0.29, 0.717) is 11.1 Å². The van der Waals surface area contributed by atoms with Crippen molar-refractivity contribution in [1.29, 1.82) is 0 Å². The number of hydrogen-bond acceptors (Lipinski definition) is 6. The molecule has 0 unspecified atom stereocenters. The molecule has 0 aliphatic rings. The van der Waals surface area contributed by atoms with Gasteiger partial charge in [0.25, 0.3) is 0 Å². The van der Waals surface area contributed by atoms with E-state index in [1.165, 1.54) is 12.4 Å². The predicted octanol–water partition coefficient (Wildman–Crippen LogP) is 3.88. The van der Waals surface area contributed by atoms with Crippen molar-refractivity contribution in [3.8, 4) is 0 Å². The van der Waals surface area contributed by atoms with Crippen molar-refractivity contribution in [2.24, 2.45) is 4.99 Å². The number of aliphatic hydroxyl groups is 1. The van der Waals surface area contributed by atoms with Gasteiger partial charge < -0.3 is 14.7 Å². The van der Waals surface area contributed by atoms with Gasteiger partial charge in [0.05, 0.1) is 12.2 Å². The second-order valence-electron chi connectivity index (χ2n) is 6.28. The van der Waals surface area contributed by atoms with Crippen molar-refractivity contribution in [3.05, 3.63) is 89.3 Å². The molecule has 0 aromatic heterocycles. The van der Waals surface area contributed by atoms with Crippen LogP contribution in [0.3, 0.4) is 0 Å². The van der Waals surface area contributed by atoms with Gasteiger partial charge in [0.15, 0.2) is 11.5 Å². The maximum absolute atomic E-state index is 13.0. The fraction of sp³-hybridized carbons (Fsp3) is 0.174. The van der Waals surface area contributed by atoms with Crippen LogP contribution in [-0.4, -0.2) is 48.7 Å². The first-order valence-corrected chi connectivity index (χ1v) is 9.11. The minimum Gasteiger partial charge on any atom is -0.506 e. The molecular formula is C23H24N2O4. The summed E-state index contributed by atoms with van der Waals surface area (Å²) in [5.41, 5.74) is 0.839. The fourth-order valence-electron chi connectivity index (χ4n) is 2.45. The molecule has 0 bridgehead atoms. The summed E-state index contributed by atoms with van der Waals surface area (Å²) in [6, 6.07) is 17.2. The first-order valence-electron chi connectivity index (χ1n) is 9.11. The third-order valence-electron chi connectivity index (χ3n) is 3.78. The average molecular weight is 392 g/mol. The van der Waals surface area contributed by atoms with Crippen molar-refractivity contribution in [2.75, 3.05) is 20.7 Å². The van der Waals surface area contributed by atoms with Gasteiger partial charge in [-0.1, -0.05) is 60.7 Å². The quantitative estimate of drug-likeness (QED) is 0.242. The van der Waals surface area contributed by atoms with Crippen LogP contribution in [0.4, 0.5) is 0 Å². The summed E-state index contributed by atoms with van der Waals surface area (Å²) in [4.78, 5) is 31.0. The highest BCUT2D eigenvalue weighted by Gasteiger charge is 2.18. The van der Waals surface area contributed by atoms with Gasteiger partial charge in [-0.3, -0.25) is 4.79 Å². The maximum atomic E-state index is 13.0. The molecule has 0 fully saturated rings. The zero-order chi connectivity index (χ0) is 21.2. The van der Waals surface area contributed by atoms with Crippen LogP contribution in [0.5, 0.6) is 0 Å². The number of ketones is 1. The number of nitrogens with zero attached hydrogens (tertiary/aromatic N) is 2. The van der Waals surface area contributed by atoms with Crippen molar-refractivity contribution in [2.45, 2.75) is 6.92 Å². The Kier molecular flexibility index (Phi) is 7.91. The summed E-state index contributed by atoms with van der Waals surface area (Å²) in [5.74, 6) is -1.26. The lowest BCUT2D eigenvalue weighted by molar-refractivity contribution is -0.138. The molecule has 150 valence electrons. The van der Waals surface area contributed by atoms with Crippen LogP contribution in [0.1, 0.15) is 22.8 Å². The van der Waals surface area contributed by atoms with Crippen LogP contribution < -0.4 is 0 Å². The first kappa shape index (κ1) is 21.6. The number of carbonyl (C=O) groups excluding carboxylic acids is 2. The molecule has 0 heterocycles. The lowest BCUT2D eigenvalue weighted by Crippen LogP contribution is -2.13. The lowest BCUT2D eigenvalue weighted by Gasteiger charge is -2.09. The number of rotatable bonds is 8. The van der Waals surface area contributed by atoms with Gasteiger partial charge in [-0.2, -0.15) is 0 Å². The first-order chi connectivity index (χ1) is 13.9. The molecule has 1 N–H and O–H groups in total. The Morgan fingerprint density at radius 3 is 2.07 bits per heavy atom. The number of Topliss-reactive ketones (excluding diaryl/α,β-unsaturated/α-hetero) is 1. The van der Waals surface area contributed by atoms with E-state index in [-0.39, 0.29) is 23.6 Å². The number of esters is 1. The number of aliphatic hydroxyl groups excluding tert-OH is 1. The van der Waals surface area contributed by atoms with Crippen molar-refractivity contribution >= 4 is 23.7 Å². The standard InChI is InChI=1S/C23H24N2O4/c1-4-29-23(28)20(16-25(2)3)24-15-19(21(26)17-11-7-5-8-12-17)22(27)18-13-9-6-10-14-18/h5-16,26H,4H2,1-3H3/b20-16-,21-19+,24-15+. The zero-order valence-electron chi connectivity index (χ0n) is 16.7. The van der Waals surface area contributed by atoms with Gasteiger partial charge in [-0.15, -0.1) is 0 Å². The monoisotopic (exact) mass is 392 g/mol. The maximum Gasteiger partial charge on any atom is 0.358 e. The van der Waals surface area contributed by atoms with E-state index in [9.17, 15) is 14.7 Å². The fourth-order valence-corrected chi connectivity index (χ4v) is 2.45. The van der Waals surface area contributed by atoms with Crippen LogP contribution in [0.25, 0.3) is 5.76 Å². The smallest absolute Gasteiger partial charge is 0.358 e. The average Bonchev–Trinajstić information content (AvgIpc) is 2.73. The third kappa shape index (κ3) is 6.17. The molecule has 0 radical (unpaired) electrons. The molecular weight excluding hydrogens is 368 g/mol. The molecule has 6 heteroatoms. The van der Waals surface area contributed by atoms with Gasteiger partial charge in [-0.25, -0.2) is 9.79 Å². The summed E-state index contributed by atoms with van der Waals surface area (Å²) in [6.45, 7) is 1.89. The van der Waals surface area contributed by atoms with Gasteiger partial charge >= 0.3 is 5.97 Å². The van der Waals surface area contributed by atoms with Crippen LogP contribution >= 0.6 is 0 Å². The molecule has 0 saturated heterocycles. The molecule has 2 aromatic carbocycles. The molecule has 2 aromatic rings. The summed E-state index contributed by atoms with van der Waals surface area (Å²) in [6.07, 6.45) is 2.68. The molecule has 0 aliphatic carbocycles. The number of benzene rings is 2. The van der Waals surface area contributed by atoms with E-state index >= 15 is 0 Å². The van der Waals surface area contributed by atoms with E-state index in [1.54, 1.807) is 80.5 Å². The second kappa shape index (κ2) is 10.6. The Labute approximate surface area is 170 Å². The number of allylic oxidation sites excluding steroid dienone is 1. The number of hydrogen-bond donors (Lipinski definition) is 1. The van der Waals surface area contributed by atoms with E-state index in [1.807, 2.05) is 6.07 Å². The SMILES string of the molecule is CCOC(=O)C(=C/N(C)C)/N=C/C(C(=O)c1ccccc1)=C(\O)c1ccccc1. The van der Waals surface area contributed by atoms with Crippen LogP contribution in [0.2, 0.25) is 0 Å². The highest BCUT2D eigenvalue weighted by Crippen LogP contribution is 2.19. The highest BCUT2D eigenvalue weighted by atomic mass is 16.5. The van der Waals surface area contributed by atoms with Crippen molar-refractivity contribution in [1.82, 2.24) is 4.90 Å². The highest BCUT2D eigenvalue weighted by molar-refractivity contribution is 6.25. The molecule has 0 amide bonds. The van der Waals surface area contributed by atoms with E-state index in [2.05, 4.69) is 4.99 Å². The van der Waals surface area contributed by atoms with Crippen LogP contribution in [-0.2, 0) is 9.53 Å². The summed E-state index contributed by atoms with van der Waals surface area (Å²) in [5, 5.41) is 10.8. The van der Waals surface area contributed by atoms with Crippen molar-refractivity contribution < 1.29 is 19.4 Å². The Hall–Kier alpha value is -3.67. The molecule has 0 atom stereocenters. The molecule has 0 aliphatic heterocycles. The van der Waals surface area contributed by atoms with Crippen molar-refractivity contribution in [3.63, 3.8) is 0 Å². The molecule has 0 spiro atoms. The molecule has 2 rings (SSSR count). The lowest BCUT2D eigenvalue weighted by atomic mass is 10.00. The van der Waals surface area contributed by atoms with Crippen LogP contribution in [0.15, 0.2) is 83.1 Å². The number of ether oxygens (including phenoxy) is 1. The van der Waals surface area contributed by atoms with E-state index in [0.717, 1.165) is 0 Å². The second-order valence-corrected chi connectivity index (χ2v) is 6.28. The number of aliphatic imine (C=N–C) groups is 1. The zero-order valence-corrected chi connectivity index (χ0v) is 16.7. The van der Waals surface area contributed by atoms with E-state index in [4.69, 9.17) is 4.74 Å². The molecule has 6 nitrogen and oxygen atoms in total. The number of carbonyl (C=O) groups is 2. The predicted molar refractivity (Wildman–Crippen MR) is 114 cm³/mol. The summed E-state index contributed by atoms with van der Waals surface area (Å²) < 4.78 is 5.02. The Morgan fingerprint density at radius 2 is 1.55 bits per heavy atom. The van der Waals surface area contributed by atoms with Crippen LogP contribution in [0, 0.1) is 0 Å². The Bertz CT molecular complexity index is 930. The summed E-state index contributed by atoms with van der Waals surface area (Å²) in [7, 11) is 3.48. The molecule has 0 saturated carbocycles. The van der Waals surface area contributed by atoms with Gasteiger partial charge in [-0.05, 0) is 6.92 Å². The minimum absolute atomic E-state index is 0.0103. The third-order valence-corrected chi connectivity index (χ3v) is 3.78. The molecule has 29 heavy (non-hydrogen) atoms. The van der Waals surface area contributed by atoms with Gasteiger partial charge in [0.1, 0.15) is 5.76 Å². The Balaban J connectivity index is 2.54. The summed E-state index contributed by atoms with van der Waals surface area (Å²) >= 11 is 0. The van der Waals surface area contributed by atoms with E-state index < -0.39 is 11.8 Å². The topological polar surface area (TPSA) is 79.2 Å². The minimum atomic E-state index is -0.622. The van der Waals surface area contributed by atoms with Gasteiger partial charge in [0, 0.05) is 37.6 Å². The Morgan fingerprint density at radius 1 is 1.00 bits per heavy atom. The van der Waals surface area contributed by atoms with Gasteiger partial charge in [0.2, 0.25) is 0 Å².